The van der Waals surface area contributed by atoms with Crippen LogP contribution in [0.4, 0.5) is 0 Å². The molecule has 116 valence electrons. The summed E-state index contributed by atoms with van der Waals surface area (Å²) < 4.78 is 0. The number of nitrogens with zero attached hydrogens (tertiary/aromatic N) is 1. The maximum absolute atomic E-state index is 13.0. The van der Waals surface area contributed by atoms with Crippen LogP contribution in [0.5, 0.6) is 0 Å². The molecule has 1 fully saturated rings. The third-order valence-electron chi connectivity index (χ3n) is 5.42. The predicted molar refractivity (Wildman–Crippen MR) is 92.2 cm³/mol. The van der Waals surface area contributed by atoms with Gasteiger partial charge < -0.3 is 4.90 Å². The Kier molecular flexibility index (Phi) is 2.99. The predicted octanol–water partition coefficient (Wildman–Crippen LogP) is 4.37. The Bertz CT molecular complexity index is 781. The van der Waals surface area contributed by atoms with E-state index in [4.69, 9.17) is 0 Å². The van der Waals surface area contributed by atoms with Gasteiger partial charge in [0, 0.05) is 12.1 Å². The summed E-state index contributed by atoms with van der Waals surface area (Å²) in [6, 6.07) is 18.6. The Balaban J connectivity index is 1.96. The number of hydrogen-bond donors (Lipinski definition) is 0. The Morgan fingerprint density at radius 3 is 2.57 bits per heavy atom. The lowest BCUT2D eigenvalue weighted by Gasteiger charge is -2.34. The molecule has 0 bridgehead atoms. The molecule has 0 radical (unpaired) electrons. The first-order chi connectivity index (χ1) is 11.1. The summed E-state index contributed by atoms with van der Waals surface area (Å²) in [6.45, 7) is 6.97. The van der Waals surface area contributed by atoms with Crippen molar-refractivity contribution >= 4 is 5.91 Å². The lowest BCUT2D eigenvalue weighted by Crippen LogP contribution is -2.39. The van der Waals surface area contributed by atoms with E-state index in [-0.39, 0.29) is 16.9 Å². The van der Waals surface area contributed by atoms with Gasteiger partial charge in [-0.3, -0.25) is 4.79 Å². The molecule has 0 saturated carbocycles. The maximum Gasteiger partial charge on any atom is 0.255 e. The summed E-state index contributed by atoms with van der Waals surface area (Å²) in [7, 11) is 0. The van der Waals surface area contributed by atoms with Crippen LogP contribution in [0.15, 0.2) is 67.3 Å². The molecule has 0 aromatic heterocycles. The molecule has 0 spiro atoms. The smallest absolute Gasteiger partial charge is 0.255 e. The molecule has 2 heteroatoms. The van der Waals surface area contributed by atoms with Crippen molar-refractivity contribution in [3.8, 4) is 0 Å². The second-order valence-electron chi connectivity index (χ2n) is 7.14. The van der Waals surface area contributed by atoms with Crippen LogP contribution in [-0.4, -0.2) is 17.4 Å². The zero-order valence-electron chi connectivity index (χ0n) is 13.5. The van der Waals surface area contributed by atoms with Gasteiger partial charge in [0.15, 0.2) is 0 Å². The molecule has 2 nitrogen and oxygen atoms in total. The number of fused-ring (bicyclic) bond motifs is 3. The molecule has 2 aromatic carbocycles. The first-order valence-corrected chi connectivity index (χ1v) is 8.19. The zero-order chi connectivity index (χ0) is 16.1. The van der Waals surface area contributed by atoms with E-state index in [1.807, 2.05) is 30.3 Å². The molecule has 2 aliphatic rings. The fraction of sp³-hybridized carbons (Fsp3) is 0.286. The molecule has 2 aromatic rings. The van der Waals surface area contributed by atoms with Crippen LogP contribution in [0.2, 0.25) is 0 Å². The quantitative estimate of drug-likeness (QED) is 0.771. The fourth-order valence-corrected chi connectivity index (χ4v) is 4.56. The topological polar surface area (TPSA) is 20.3 Å². The van der Waals surface area contributed by atoms with Gasteiger partial charge in [0.2, 0.25) is 0 Å². The average Bonchev–Trinajstić information content (AvgIpc) is 3.00. The van der Waals surface area contributed by atoms with Crippen molar-refractivity contribution in [2.45, 2.75) is 25.3 Å². The van der Waals surface area contributed by atoms with Crippen LogP contribution < -0.4 is 0 Å². The van der Waals surface area contributed by atoms with E-state index in [9.17, 15) is 4.79 Å². The Hall–Kier alpha value is -2.35. The molecule has 2 atom stereocenters. The lowest BCUT2D eigenvalue weighted by atomic mass is 9.73. The van der Waals surface area contributed by atoms with Gasteiger partial charge in [-0.2, -0.15) is 0 Å². The molecule has 23 heavy (non-hydrogen) atoms. The minimum Gasteiger partial charge on any atom is -0.324 e. The van der Waals surface area contributed by atoms with E-state index >= 15 is 0 Å². The van der Waals surface area contributed by atoms with Crippen LogP contribution in [-0.2, 0) is 5.54 Å². The van der Waals surface area contributed by atoms with Crippen molar-refractivity contribution < 1.29 is 4.79 Å². The number of amides is 1. The average molecular weight is 303 g/mol. The minimum atomic E-state index is -0.327. The third-order valence-corrected chi connectivity index (χ3v) is 5.42. The Morgan fingerprint density at radius 2 is 1.83 bits per heavy atom. The van der Waals surface area contributed by atoms with Crippen molar-refractivity contribution in [1.29, 1.82) is 0 Å². The molecule has 4 rings (SSSR count). The minimum absolute atomic E-state index is 0.0702. The van der Waals surface area contributed by atoms with E-state index in [2.05, 4.69) is 48.7 Å². The number of rotatable bonds is 3. The summed E-state index contributed by atoms with van der Waals surface area (Å²) in [5.74, 6) is 0.164. The van der Waals surface area contributed by atoms with Gasteiger partial charge in [-0.25, -0.2) is 0 Å². The molecule has 2 aliphatic heterocycles. The number of benzene rings is 2. The van der Waals surface area contributed by atoms with Gasteiger partial charge in [0.05, 0.1) is 5.54 Å². The molecular formula is C21H21NO. The van der Waals surface area contributed by atoms with Gasteiger partial charge in [-0.15, -0.1) is 6.58 Å². The first-order valence-electron chi connectivity index (χ1n) is 8.19. The molecule has 1 saturated heterocycles. The van der Waals surface area contributed by atoms with Crippen LogP contribution in [0.3, 0.4) is 0 Å². The molecule has 0 N–H and O–H groups in total. The van der Waals surface area contributed by atoms with Crippen LogP contribution in [0, 0.1) is 5.41 Å². The maximum atomic E-state index is 13.0. The van der Waals surface area contributed by atoms with Gasteiger partial charge in [0.1, 0.15) is 0 Å². The SMILES string of the molecule is C=CC[C@@]1(C)CN2C(=O)c3ccccc3[C@]2(c2ccccc2)C1. The summed E-state index contributed by atoms with van der Waals surface area (Å²) in [5, 5.41) is 0. The number of carbonyl (C=O) groups is 1. The normalized spacial score (nSPS) is 28.6. The highest BCUT2D eigenvalue weighted by Crippen LogP contribution is 2.57. The van der Waals surface area contributed by atoms with Crippen molar-refractivity contribution in [2.75, 3.05) is 6.54 Å². The van der Waals surface area contributed by atoms with Crippen molar-refractivity contribution in [3.05, 3.63) is 83.9 Å². The van der Waals surface area contributed by atoms with E-state index in [1.54, 1.807) is 0 Å². The highest BCUT2D eigenvalue weighted by atomic mass is 16.2. The summed E-state index contributed by atoms with van der Waals surface area (Å²) in [5.41, 5.74) is 2.97. The van der Waals surface area contributed by atoms with Crippen LogP contribution in [0.25, 0.3) is 0 Å². The first kappa shape index (κ1) is 14.3. The highest BCUT2D eigenvalue weighted by molar-refractivity contribution is 6.01. The van der Waals surface area contributed by atoms with Gasteiger partial charge >= 0.3 is 0 Å². The van der Waals surface area contributed by atoms with Gasteiger partial charge in [0.25, 0.3) is 5.91 Å². The Morgan fingerprint density at radius 1 is 1.13 bits per heavy atom. The largest absolute Gasteiger partial charge is 0.324 e. The standard InChI is InChI=1S/C21H21NO/c1-3-13-20(2)14-21(16-9-5-4-6-10-16)18-12-8-7-11-17(18)19(23)22(21)15-20/h3-12H,1,13-15H2,2H3/t20-,21-/m1/s1. The van der Waals surface area contributed by atoms with Gasteiger partial charge in [-0.05, 0) is 35.4 Å². The molecule has 0 aliphatic carbocycles. The summed E-state index contributed by atoms with van der Waals surface area (Å²) >= 11 is 0. The summed E-state index contributed by atoms with van der Waals surface area (Å²) in [4.78, 5) is 15.1. The summed E-state index contributed by atoms with van der Waals surface area (Å²) in [6.07, 6.45) is 3.85. The van der Waals surface area contributed by atoms with Crippen molar-refractivity contribution in [1.82, 2.24) is 4.90 Å². The number of allylic oxidation sites excluding steroid dienone is 1. The Labute approximate surface area is 137 Å². The number of hydrogen-bond acceptors (Lipinski definition) is 1. The van der Waals surface area contributed by atoms with Crippen molar-refractivity contribution in [3.63, 3.8) is 0 Å². The van der Waals surface area contributed by atoms with Gasteiger partial charge in [-0.1, -0.05) is 61.5 Å². The van der Waals surface area contributed by atoms with E-state index in [0.717, 1.165) is 30.5 Å². The third kappa shape index (κ3) is 1.84. The molecule has 1 amide bonds. The second kappa shape index (κ2) is 4.82. The lowest BCUT2D eigenvalue weighted by molar-refractivity contribution is 0.0703. The fourth-order valence-electron chi connectivity index (χ4n) is 4.56. The number of carbonyl (C=O) groups excluding carboxylic acids is 1. The second-order valence-corrected chi connectivity index (χ2v) is 7.14. The van der Waals surface area contributed by atoms with Crippen LogP contribution in [0.1, 0.15) is 41.3 Å². The van der Waals surface area contributed by atoms with E-state index < -0.39 is 0 Å². The zero-order valence-corrected chi connectivity index (χ0v) is 13.5. The van der Waals surface area contributed by atoms with Crippen molar-refractivity contribution in [2.24, 2.45) is 5.41 Å². The molecule has 2 heterocycles. The molecule has 0 unspecified atom stereocenters. The molecular weight excluding hydrogens is 282 g/mol. The van der Waals surface area contributed by atoms with Crippen LogP contribution >= 0.6 is 0 Å². The van der Waals surface area contributed by atoms with E-state index in [1.165, 1.54) is 5.56 Å². The monoisotopic (exact) mass is 303 g/mol. The highest BCUT2D eigenvalue weighted by Gasteiger charge is 2.59. The van der Waals surface area contributed by atoms with E-state index in [0.29, 0.717) is 0 Å².